The number of nitrogens with zero attached hydrogens (tertiary/aromatic N) is 5. The summed E-state index contributed by atoms with van der Waals surface area (Å²) < 4.78 is 27.7. The van der Waals surface area contributed by atoms with Gasteiger partial charge in [0.15, 0.2) is 10.9 Å². The van der Waals surface area contributed by atoms with Crippen LogP contribution in [0, 0.1) is 11.6 Å². The van der Waals surface area contributed by atoms with E-state index in [9.17, 15) is 13.6 Å². The van der Waals surface area contributed by atoms with E-state index < -0.39 is 17.5 Å². The fourth-order valence-corrected chi connectivity index (χ4v) is 3.22. The molecule has 9 heteroatoms. The molecule has 0 unspecified atom stereocenters. The highest BCUT2D eigenvalue weighted by Gasteiger charge is 2.23. The van der Waals surface area contributed by atoms with Gasteiger partial charge in [0, 0.05) is 31.5 Å². The second kappa shape index (κ2) is 7.16. The number of likely N-dealkylation sites (N-methyl/N-ethyl adjacent to an activating group) is 1. The molecule has 0 aliphatic carbocycles. The van der Waals surface area contributed by atoms with Crippen molar-refractivity contribution in [1.29, 1.82) is 0 Å². The molecule has 0 saturated carbocycles. The number of halogens is 2. The molecule has 0 aliphatic heterocycles. The van der Waals surface area contributed by atoms with Crippen LogP contribution in [0.5, 0.6) is 0 Å². The van der Waals surface area contributed by atoms with E-state index in [2.05, 4.69) is 15.0 Å². The fourth-order valence-electron chi connectivity index (χ4n) is 2.19. The molecular weight excluding hydrogens is 348 g/mol. The molecule has 0 saturated heterocycles. The standard InChI is InChI=1S/C16H15F2N5OS/c1-22(2)5-6-23(15(24)12-9-19-3-4-20-12)16-21-14-11(18)7-10(17)8-13(14)25-16/h3-4,7-9H,5-6H2,1-2H3. The Kier molecular flexibility index (Phi) is 4.95. The van der Waals surface area contributed by atoms with Gasteiger partial charge < -0.3 is 4.90 Å². The van der Waals surface area contributed by atoms with Gasteiger partial charge >= 0.3 is 0 Å². The third-order valence-electron chi connectivity index (χ3n) is 3.43. The van der Waals surface area contributed by atoms with Crippen LogP contribution in [0.4, 0.5) is 13.9 Å². The molecule has 2 heterocycles. The minimum atomic E-state index is -0.753. The van der Waals surface area contributed by atoms with E-state index in [1.54, 1.807) is 0 Å². The van der Waals surface area contributed by atoms with Gasteiger partial charge in [-0.3, -0.25) is 14.7 Å². The summed E-state index contributed by atoms with van der Waals surface area (Å²) in [4.78, 5) is 28.2. The van der Waals surface area contributed by atoms with Crippen LogP contribution in [-0.4, -0.2) is 52.9 Å². The Morgan fingerprint density at radius 3 is 2.68 bits per heavy atom. The maximum Gasteiger partial charge on any atom is 0.280 e. The van der Waals surface area contributed by atoms with E-state index >= 15 is 0 Å². The van der Waals surface area contributed by atoms with E-state index in [0.717, 1.165) is 17.4 Å². The number of benzene rings is 1. The van der Waals surface area contributed by atoms with E-state index in [0.29, 0.717) is 17.8 Å². The van der Waals surface area contributed by atoms with Crippen LogP contribution in [0.3, 0.4) is 0 Å². The summed E-state index contributed by atoms with van der Waals surface area (Å²) in [5, 5.41) is 0.289. The van der Waals surface area contributed by atoms with E-state index in [1.165, 1.54) is 29.6 Å². The van der Waals surface area contributed by atoms with Gasteiger partial charge in [0.1, 0.15) is 17.0 Å². The number of anilines is 1. The van der Waals surface area contributed by atoms with Crippen molar-refractivity contribution in [3.05, 3.63) is 48.1 Å². The highest BCUT2D eigenvalue weighted by molar-refractivity contribution is 7.22. The predicted octanol–water partition coefficient (Wildman–Crippen LogP) is 2.57. The molecule has 1 aromatic carbocycles. The maximum atomic E-state index is 13.9. The van der Waals surface area contributed by atoms with Crippen LogP contribution in [-0.2, 0) is 0 Å². The van der Waals surface area contributed by atoms with Crippen molar-refractivity contribution in [2.75, 3.05) is 32.1 Å². The summed E-state index contributed by atoms with van der Waals surface area (Å²) in [7, 11) is 3.75. The molecular formula is C16H15F2N5OS. The number of fused-ring (bicyclic) bond motifs is 1. The summed E-state index contributed by atoms with van der Waals surface area (Å²) in [5.74, 6) is -1.83. The van der Waals surface area contributed by atoms with Gasteiger partial charge in [-0.05, 0) is 20.2 Å². The van der Waals surface area contributed by atoms with Crippen LogP contribution in [0.25, 0.3) is 10.2 Å². The Hall–Kier alpha value is -2.52. The van der Waals surface area contributed by atoms with E-state index in [-0.39, 0.29) is 16.3 Å². The lowest BCUT2D eigenvalue weighted by Crippen LogP contribution is -2.37. The topological polar surface area (TPSA) is 62.2 Å². The molecule has 6 nitrogen and oxygen atoms in total. The number of hydrogen-bond donors (Lipinski definition) is 0. The first-order chi connectivity index (χ1) is 12.0. The van der Waals surface area contributed by atoms with Crippen LogP contribution in [0.15, 0.2) is 30.7 Å². The first-order valence-corrected chi connectivity index (χ1v) is 8.25. The Morgan fingerprint density at radius 2 is 2.00 bits per heavy atom. The number of thiazole rings is 1. The van der Waals surface area contributed by atoms with Crippen molar-refractivity contribution in [2.24, 2.45) is 0 Å². The van der Waals surface area contributed by atoms with E-state index in [1.807, 2.05) is 19.0 Å². The summed E-state index contributed by atoms with van der Waals surface area (Å²) in [6, 6.07) is 1.98. The first kappa shape index (κ1) is 17.3. The molecule has 2 aromatic heterocycles. The molecule has 3 rings (SSSR count). The van der Waals surface area contributed by atoms with Crippen LogP contribution in [0.1, 0.15) is 10.5 Å². The number of carbonyl (C=O) groups excluding carboxylic acids is 1. The van der Waals surface area contributed by atoms with Crippen molar-refractivity contribution in [3.8, 4) is 0 Å². The van der Waals surface area contributed by atoms with Crippen LogP contribution < -0.4 is 4.90 Å². The van der Waals surface area contributed by atoms with Crippen molar-refractivity contribution >= 4 is 32.6 Å². The highest BCUT2D eigenvalue weighted by Crippen LogP contribution is 2.31. The summed E-state index contributed by atoms with van der Waals surface area (Å²) in [6.07, 6.45) is 4.25. The zero-order chi connectivity index (χ0) is 18.0. The molecule has 130 valence electrons. The van der Waals surface area contributed by atoms with Crippen LogP contribution in [0.2, 0.25) is 0 Å². The molecule has 0 N–H and O–H groups in total. The van der Waals surface area contributed by atoms with E-state index in [4.69, 9.17) is 0 Å². The second-order valence-corrected chi connectivity index (χ2v) is 6.59. The Balaban J connectivity index is 2.02. The average molecular weight is 363 g/mol. The number of hydrogen-bond acceptors (Lipinski definition) is 6. The molecule has 0 atom stereocenters. The molecule has 0 radical (unpaired) electrons. The zero-order valence-electron chi connectivity index (χ0n) is 13.6. The lowest BCUT2D eigenvalue weighted by molar-refractivity contribution is 0.0980. The number of aromatic nitrogens is 3. The fraction of sp³-hybridized carbons (Fsp3) is 0.250. The highest BCUT2D eigenvalue weighted by atomic mass is 32.1. The Morgan fingerprint density at radius 1 is 1.20 bits per heavy atom. The Labute approximate surface area is 146 Å². The maximum absolute atomic E-state index is 13.9. The van der Waals surface area contributed by atoms with Gasteiger partial charge in [-0.25, -0.2) is 18.7 Å². The summed E-state index contributed by atoms with van der Waals surface area (Å²) in [6.45, 7) is 0.894. The lowest BCUT2D eigenvalue weighted by Gasteiger charge is -2.21. The first-order valence-electron chi connectivity index (χ1n) is 7.44. The molecule has 25 heavy (non-hydrogen) atoms. The van der Waals surface area contributed by atoms with Gasteiger partial charge in [-0.2, -0.15) is 0 Å². The van der Waals surface area contributed by atoms with Gasteiger partial charge in [0.2, 0.25) is 0 Å². The summed E-state index contributed by atoms with van der Waals surface area (Å²) in [5.41, 5.74) is 0.204. The normalized spacial score (nSPS) is 11.2. The third kappa shape index (κ3) is 3.77. The third-order valence-corrected chi connectivity index (χ3v) is 4.46. The molecule has 0 fully saturated rings. The molecule has 0 spiro atoms. The SMILES string of the molecule is CN(C)CCN(C(=O)c1cnccn1)c1nc2c(F)cc(F)cc2s1. The minimum absolute atomic E-state index is 0.0446. The van der Waals surface area contributed by atoms with Gasteiger partial charge in [-0.15, -0.1) is 0 Å². The molecule has 0 bridgehead atoms. The van der Waals surface area contributed by atoms with Gasteiger partial charge in [0.25, 0.3) is 5.91 Å². The quantitative estimate of drug-likeness (QED) is 0.697. The zero-order valence-corrected chi connectivity index (χ0v) is 14.4. The number of carbonyl (C=O) groups is 1. The van der Waals surface area contributed by atoms with Crippen molar-refractivity contribution in [2.45, 2.75) is 0 Å². The van der Waals surface area contributed by atoms with Gasteiger partial charge in [0.05, 0.1) is 10.9 Å². The van der Waals surface area contributed by atoms with Crippen molar-refractivity contribution < 1.29 is 13.6 Å². The predicted molar refractivity (Wildman–Crippen MR) is 91.8 cm³/mol. The smallest absolute Gasteiger partial charge is 0.280 e. The molecule has 3 aromatic rings. The monoisotopic (exact) mass is 363 g/mol. The molecule has 1 amide bonds. The van der Waals surface area contributed by atoms with Crippen LogP contribution >= 0.6 is 11.3 Å². The number of amides is 1. The Bertz CT molecular complexity index is 900. The average Bonchev–Trinajstić information content (AvgIpc) is 2.99. The van der Waals surface area contributed by atoms with Crippen molar-refractivity contribution in [3.63, 3.8) is 0 Å². The molecule has 0 aliphatic rings. The lowest BCUT2D eigenvalue weighted by atomic mass is 10.3. The summed E-state index contributed by atoms with van der Waals surface area (Å²) >= 11 is 1.06. The largest absolute Gasteiger partial charge is 0.308 e. The minimum Gasteiger partial charge on any atom is -0.308 e. The number of rotatable bonds is 5. The van der Waals surface area contributed by atoms with Crippen molar-refractivity contribution in [1.82, 2.24) is 19.9 Å². The van der Waals surface area contributed by atoms with Gasteiger partial charge in [-0.1, -0.05) is 11.3 Å². The second-order valence-electron chi connectivity index (χ2n) is 5.58.